The Bertz CT molecular complexity index is 379. The fourth-order valence-electron chi connectivity index (χ4n) is 1.06. The number of carboxylic acid groups (broad SMARTS) is 1. The summed E-state index contributed by atoms with van der Waals surface area (Å²) in [6, 6.07) is 1.36. The number of nitrogens with one attached hydrogen (secondary N) is 1. The van der Waals surface area contributed by atoms with Crippen LogP contribution in [0.2, 0.25) is 0 Å². The first kappa shape index (κ1) is 12.4. The zero-order valence-electron chi connectivity index (χ0n) is 8.84. The molecule has 4 N–H and O–H groups in total. The number of aromatic nitrogens is 1. The number of aromatic carboxylic acids is 1. The van der Waals surface area contributed by atoms with Gasteiger partial charge in [-0.2, -0.15) is 0 Å². The minimum absolute atomic E-state index is 0.0372. The van der Waals surface area contributed by atoms with Crippen molar-refractivity contribution in [2.24, 2.45) is 0 Å². The van der Waals surface area contributed by atoms with Crippen molar-refractivity contribution in [1.82, 2.24) is 4.98 Å². The second kappa shape index (κ2) is 4.91. The SMILES string of the molecule is CC(O)(CO)CNc1cnccc1C(=O)O. The summed E-state index contributed by atoms with van der Waals surface area (Å²) >= 11 is 0. The van der Waals surface area contributed by atoms with Gasteiger partial charge in [0.05, 0.1) is 24.1 Å². The van der Waals surface area contributed by atoms with E-state index in [4.69, 9.17) is 10.2 Å². The monoisotopic (exact) mass is 226 g/mol. The summed E-state index contributed by atoms with van der Waals surface area (Å²) < 4.78 is 0. The average molecular weight is 226 g/mol. The molecule has 0 saturated heterocycles. The van der Waals surface area contributed by atoms with Crippen LogP contribution in [0.1, 0.15) is 17.3 Å². The van der Waals surface area contributed by atoms with Gasteiger partial charge in [0.15, 0.2) is 0 Å². The van der Waals surface area contributed by atoms with E-state index in [1.807, 2.05) is 0 Å². The van der Waals surface area contributed by atoms with Crippen molar-refractivity contribution in [2.45, 2.75) is 12.5 Å². The smallest absolute Gasteiger partial charge is 0.337 e. The molecule has 0 bridgehead atoms. The number of carboxylic acids is 1. The summed E-state index contributed by atoms with van der Waals surface area (Å²) in [5, 5.41) is 30.0. The number of hydrogen-bond acceptors (Lipinski definition) is 5. The van der Waals surface area contributed by atoms with Crippen LogP contribution in [0.3, 0.4) is 0 Å². The molecule has 0 fully saturated rings. The lowest BCUT2D eigenvalue weighted by Crippen LogP contribution is -2.37. The molecule has 0 radical (unpaired) electrons. The Balaban J connectivity index is 2.78. The van der Waals surface area contributed by atoms with Crippen molar-refractivity contribution >= 4 is 11.7 Å². The van der Waals surface area contributed by atoms with Crippen LogP contribution in [-0.4, -0.2) is 45.0 Å². The quantitative estimate of drug-likeness (QED) is 0.560. The van der Waals surface area contributed by atoms with Crippen LogP contribution in [-0.2, 0) is 0 Å². The van der Waals surface area contributed by atoms with Gasteiger partial charge in [0.1, 0.15) is 5.60 Å². The molecule has 1 atom stereocenters. The Morgan fingerprint density at radius 1 is 1.62 bits per heavy atom. The van der Waals surface area contributed by atoms with Gasteiger partial charge in [0.25, 0.3) is 0 Å². The van der Waals surface area contributed by atoms with E-state index in [1.165, 1.54) is 25.4 Å². The molecule has 88 valence electrons. The molecular weight excluding hydrogens is 212 g/mol. The first-order valence-corrected chi connectivity index (χ1v) is 4.71. The molecule has 1 aromatic rings. The molecule has 0 aliphatic rings. The Kier molecular flexibility index (Phi) is 3.81. The number of hydrogen-bond donors (Lipinski definition) is 4. The molecule has 0 saturated carbocycles. The van der Waals surface area contributed by atoms with Gasteiger partial charge >= 0.3 is 5.97 Å². The highest BCUT2D eigenvalue weighted by Crippen LogP contribution is 2.14. The maximum atomic E-state index is 10.8. The summed E-state index contributed by atoms with van der Waals surface area (Å²) in [6.07, 6.45) is 2.73. The first-order valence-electron chi connectivity index (χ1n) is 4.71. The highest BCUT2D eigenvalue weighted by atomic mass is 16.4. The van der Waals surface area contributed by atoms with Gasteiger partial charge in [-0.15, -0.1) is 0 Å². The zero-order valence-corrected chi connectivity index (χ0v) is 8.84. The van der Waals surface area contributed by atoms with E-state index >= 15 is 0 Å². The number of aliphatic hydroxyl groups excluding tert-OH is 1. The van der Waals surface area contributed by atoms with Gasteiger partial charge in [-0.3, -0.25) is 4.98 Å². The van der Waals surface area contributed by atoms with Gasteiger partial charge in [0, 0.05) is 12.7 Å². The van der Waals surface area contributed by atoms with Crippen molar-refractivity contribution in [3.05, 3.63) is 24.0 Å². The summed E-state index contributed by atoms with van der Waals surface area (Å²) in [7, 11) is 0. The number of aliphatic hydroxyl groups is 2. The highest BCUT2D eigenvalue weighted by molar-refractivity contribution is 5.93. The van der Waals surface area contributed by atoms with E-state index in [-0.39, 0.29) is 12.1 Å². The Morgan fingerprint density at radius 2 is 2.31 bits per heavy atom. The third kappa shape index (κ3) is 3.18. The highest BCUT2D eigenvalue weighted by Gasteiger charge is 2.19. The van der Waals surface area contributed by atoms with E-state index in [1.54, 1.807) is 0 Å². The minimum atomic E-state index is -1.30. The maximum absolute atomic E-state index is 10.8. The maximum Gasteiger partial charge on any atom is 0.337 e. The van der Waals surface area contributed by atoms with Crippen molar-refractivity contribution in [3.63, 3.8) is 0 Å². The van der Waals surface area contributed by atoms with E-state index in [9.17, 15) is 9.90 Å². The van der Waals surface area contributed by atoms with Gasteiger partial charge < -0.3 is 20.6 Å². The van der Waals surface area contributed by atoms with Crippen molar-refractivity contribution < 1.29 is 20.1 Å². The molecular formula is C10H14N2O4. The predicted molar refractivity (Wildman–Crippen MR) is 57.4 cm³/mol. The van der Waals surface area contributed by atoms with Crippen molar-refractivity contribution in [1.29, 1.82) is 0 Å². The lowest BCUT2D eigenvalue weighted by molar-refractivity contribution is 0.0132. The molecule has 0 aliphatic carbocycles. The zero-order chi connectivity index (χ0) is 12.2. The first-order chi connectivity index (χ1) is 7.46. The van der Waals surface area contributed by atoms with E-state index in [0.29, 0.717) is 5.69 Å². The molecule has 6 heteroatoms. The fourth-order valence-corrected chi connectivity index (χ4v) is 1.06. The molecule has 0 aliphatic heterocycles. The summed E-state index contributed by atoms with van der Waals surface area (Å²) in [6.45, 7) is 1.06. The Labute approximate surface area is 92.6 Å². The third-order valence-electron chi connectivity index (χ3n) is 2.05. The molecule has 1 heterocycles. The second-order valence-corrected chi connectivity index (χ2v) is 3.74. The predicted octanol–water partition coefficient (Wildman–Crippen LogP) is -0.0650. The number of pyridine rings is 1. The van der Waals surface area contributed by atoms with E-state index < -0.39 is 18.2 Å². The van der Waals surface area contributed by atoms with Crippen molar-refractivity contribution in [2.75, 3.05) is 18.5 Å². The van der Waals surface area contributed by atoms with Gasteiger partial charge in [-0.25, -0.2) is 4.79 Å². The lowest BCUT2D eigenvalue weighted by Gasteiger charge is -2.21. The largest absolute Gasteiger partial charge is 0.478 e. The second-order valence-electron chi connectivity index (χ2n) is 3.74. The molecule has 0 aromatic carbocycles. The lowest BCUT2D eigenvalue weighted by atomic mass is 10.1. The Hall–Kier alpha value is -1.66. The molecule has 1 rings (SSSR count). The normalized spacial score (nSPS) is 14.2. The van der Waals surface area contributed by atoms with Gasteiger partial charge in [-0.05, 0) is 13.0 Å². The summed E-state index contributed by atoms with van der Waals surface area (Å²) in [5.74, 6) is -1.08. The van der Waals surface area contributed by atoms with Gasteiger partial charge in [-0.1, -0.05) is 0 Å². The minimum Gasteiger partial charge on any atom is -0.478 e. The van der Waals surface area contributed by atoms with Crippen LogP contribution in [0, 0.1) is 0 Å². The summed E-state index contributed by atoms with van der Waals surface area (Å²) in [5.41, 5.74) is -0.918. The third-order valence-corrected chi connectivity index (χ3v) is 2.05. The molecule has 1 unspecified atom stereocenters. The number of rotatable bonds is 5. The van der Waals surface area contributed by atoms with Gasteiger partial charge in [0.2, 0.25) is 0 Å². The van der Waals surface area contributed by atoms with E-state index in [2.05, 4.69) is 10.3 Å². The number of nitrogens with zero attached hydrogens (tertiary/aromatic N) is 1. The molecule has 0 amide bonds. The molecule has 6 nitrogen and oxygen atoms in total. The van der Waals surface area contributed by atoms with Crippen LogP contribution in [0.25, 0.3) is 0 Å². The number of anilines is 1. The molecule has 16 heavy (non-hydrogen) atoms. The van der Waals surface area contributed by atoms with Crippen LogP contribution < -0.4 is 5.32 Å². The van der Waals surface area contributed by atoms with Crippen LogP contribution in [0.5, 0.6) is 0 Å². The average Bonchev–Trinajstić information content (AvgIpc) is 2.27. The van der Waals surface area contributed by atoms with E-state index in [0.717, 1.165) is 0 Å². The summed E-state index contributed by atoms with van der Waals surface area (Å²) in [4.78, 5) is 14.6. The standard InChI is InChI=1S/C10H14N2O4/c1-10(16,6-13)5-12-8-4-11-3-2-7(8)9(14)15/h2-4,12-13,16H,5-6H2,1H3,(H,14,15). The molecule has 0 spiro atoms. The fraction of sp³-hybridized carbons (Fsp3) is 0.400. The topological polar surface area (TPSA) is 103 Å². The van der Waals surface area contributed by atoms with Crippen LogP contribution in [0.4, 0.5) is 5.69 Å². The Morgan fingerprint density at radius 3 is 2.88 bits per heavy atom. The molecule has 1 aromatic heterocycles. The van der Waals surface area contributed by atoms with Crippen LogP contribution in [0.15, 0.2) is 18.5 Å². The van der Waals surface area contributed by atoms with Crippen LogP contribution >= 0.6 is 0 Å². The number of carbonyl (C=O) groups is 1. The van der Waals surface area contributed by atoms with Crippen molar-refractivity contribution in [3.8, 4) is 0 Å².